The number of ether oxygens (including phenoxy) is 2. The third-order valence-corrected chi connectivity index (χ3v) is 3.67. The predicted octanol–water partition coefficient (Wildman–Crippen LogP) is 2.55. The van der Waals surface area contributed by atoms with Gasteiger partial charge >= 0.3 is 0 Å². The third kappa shape index (κ3) is 4.52. The third-order valence-electron chi connectivity index (χ3n) is 2.93. The Morgan fingerprint density at radius 3 is 2.61 bits per heavy atom. The molecule has 0 spiro atoms. The summed E-state index contributed by atoms with van der Waals surface area (Å²) < 4.78 is 11.1. The van der Waals surface area contributed by atoms with Crippen LogP contribution in [-0.4, -0.2) is 38.7 Å². The van der Waals surface area contributed by atoms with Gasteiger partial charge in [-0.1, -0.05) is 0 Å². The Labute approximate surface area is 113 Å². The van der Waals surface area contributed by atoms with Crippen LogP contribution < -0.4 is 10.1 Å². The van der Waals surface area contributed by atoms with E-state index in [2.05, 4.69) is 23.7 Å². The van der Waals surface area contributed by atoms with Crippen LogP contribution in [0.15, 0.2) is 29.2 Å². The Morgan fingerprint density at radius 1 is 1.33 bits per heavy atom. The van der Waals surface area contributed by atoms with Gasteiger partial charge in [0.15, 0.2) is 0 Å². The molecule has 1 unspecified atom stereocenters. The molecule has 0 aliphatic heterocycles. The standard InChI is InChI=1S/C14H21NO2S/c1-16-10-13(9-15-11-3-4-11)17-12-5-7-14(18-2)8-6-12/h5-8,11,13,15H,3-4,9-10H2,1-2H3. The van der Waals surface area contributed by atoms with Gasteiger partial charge < -0.3 is 14.8 Å². The van der Waals surface area contributed by atoms with E-state index in [-0.39, 0.29) is 6.10 Å². The van der Waals surface area contributed by atoms with E-state index in [9.17, 15) is 0 Å². The molecule has 18 heavy (non-hydrogen) atoms. The van der Waals surface area contributed by atoms with Gasteiger partial charge in [-0.05, 0) is 43.4 Å². The highest BCUT2D eigenvalue weighted by atomic mass is 32.2. The van der Waals surface area contributed by atoms with Crippen molar-refractivity contribution in [2.24, 2.45) is 0 Å². The molecule has 3 nitrogen and oxygen atoms in total. The Hall–Kier alpha value is -0.710. The topological polar surface area (TPSA) is 30.5 Å². The smallest absolute Gasteiger partial charge is 0.134 e. The Balaban J connectivity index is 1.84. The Bertz CT molecular complexity index is 351. The van der Waals surface area contributed by atoms with Crippen molar-refractivity contribution in [2.75, 3.05) is 26.5 Å². The number of hydrogen-bond acceptors (Lipinski definition) is 4. The quantitative estimate of drug-likeness (QED) is 0.733. The fourth-order valence-corrected chi connectivity index (χ4v) is 2.16. The average Bonchev–Trinajstić information content (AvgIpc) is 3.21. The SMILES string of the molecule is COCC(CNC1CC1)Oc1ccc(SC)cc1. The van der Waals surface area contributed by atoms with E-state index in [1.165, 1.54) is 17.7 Å². The predicted molar refractivity (Wildman–Crippen MR) is 75.5 cm³/mol. The monoisotopic (exact) mass is 267 g/mol. The molecule has 1 aromatic rings. The first-order chi connectivity index (χ1) is 8.81. The normalized spacial score (nSPS) is 16.6. The van der Waals surface area contributed by atoms with Gasteiger partial charge in [0.25, 0.3) is 0 Å². The summed E-state index contributed by atoms with van der Waals surface area (Å²) in [7, 11) is 1.71. The molecule has 0 aromatic heterocycles. The van der Waals surface area contributed by atoms with E-state index < -0.39 is 0 Å². The fourth-order valence-electron chi connectivity index (χ4n) is 1.75. The minimum atomic E-state index is 0.0794. The van der Waals surface area contributed by atoms with Gasteiger partial charge in [-0.3, -0.25) is 0 Å². The lowest BCUT2D eigenvalue weighted by Crippen LogP contribution is -2.35. The minimum Gasteiger partial charge on any atom is -0.487 e. The van der Waals surface area contributed by atoms with E-state index in [1.54, 1.807) is 18.9 Å². The molecular formula is C14H21NO2S. The number of benzene rings is 1. The molecule has 1 fully saturated rings. The number of rotatable bonds is 8. The summed E-state index contributed by atoms with van der Waals surface area (Å²) in [6.07, 6.45) is 4.74. The van der Waals surface area contributed by atoms with Gasteiger partial charge in [-0.15, -0.1) is 11.8 Å². The first kappa shape index (κ1) is 13.7. The first-order valence-corrected chi connectivity index (χ1v) is 7.57. The lowest BCUT2D eigenvalue weighted by molar-refractivity contribution is 0.0803. The highest BCUT2D eigenvalue weighted by molar-refractivity contribution is 7.98. The maximum Gasteiger partial charge on any atom is 0.134 e. The molecule has 1 aromatic carbocycles. The summed E-state index contributed by atoms with van der Waals surface area (Å²) >= 11 is 1.74. The van der Waals surface area contributed by atoms with E-state index in [1.807, 2.05) is 12.1 Å². The molecule has 100 valence electrons. The van der Waals surface area contributed by atoms with Gasteiger partial charge in [0.05, 0.1) is 6.61 Å². The van der Waals surface area contributed by atoms with Crippen molar-refractivity contribution in [1.82, 2.24) is 5.32 Å². The number of methoxy groups -OCH3 is 1. The van der Waals surface area contributed by atoms with Gasteiger partial charge in [-0.25, -0.2) is 0 Å². The summed E-state index contributed by atoms with van der Waals surface area (Å²) in [5.74, 6) is 0.910. The van der Waals surface area contributed by atoms with Crippen LogP contribution >= 0.6 is 11.8 Å². The number of thioether (sulfide) groups is 1. The lowest BCUT2D eigenvalue weighted by Gasteiger charge is -2.19. The van der Waals surface area contributed by atoms with Crippen LogP contribution in [0.3, 0.4) is 0 Å². The molecule has 0 radical (unpaired) electrons. The Morgan fingerprint density at radius 2 is 2.06 bits per heavy atom. The van der Waals surface area contributed by atoms with Gasteiger partial charge in [0.2, 0.25) is 0 Å². The molecule has 2 rings (SSSR count). The van der Waals surface area contributed by atoms with E-state index in [4.69, 9.17) is 9.47 Å². The van der Waals surface area contributed by atoms with Gasteiger partial charge in [0, 0.05) is 24.6 Å². The average molecular weight is 267 g/mol. The van der Waals surface area contributed by atoms with Crippen LogP contribution in [-0.2, 0) is 4.74 Å². The second-order valence-corrected chi connectivity index (χ2v) is 5.43. The number of nitrogens with one attached hydrogen (secondary N) is 1. The largest absolute Gasteiger partial charge is 0.487 e. The molecule has 0 heterocycles. The van der Waals surface area contributed by atoms with Crippen molar-refractivity contribution in [3.8, 4) is 5.75 Å². The van der Waals surface area contributed by atoms with Gasteiger partial charge in [0.1, 0.15) is 11.9 Å². The summed E-state index contributed by atoms with van der Waals surface area (Å²) in [6, 6.07) is 8.90. The summed E-state index contributed by atoms with van der Waals surface area (Å²) in [6.45, 7) is 1.47. The van der Waals surface area contributed by atoms with Crippen LogP contribution in [0, 0.1) is 0 Å². The van der Waals surface area contributed by atoms with Crippen molar-refractivity contribution < 1.29 is 9.47 Å². The maximum atomic E-state index is 5.94. The van der Waals surface area contributed by atoms with Crippen LogP contribution in [0.2, 0.25) is 0 Å². The number of hydrogen-bond donors (Lipinski definition) is 1. The molecule has 4 heteroatoms. The Kier molecular flexibility index (Phi) is 5.35. The molecule has 1 aliphatic carbocycles. The molecule has 1 N–H and O–H groups in total. The van der Waals surface area contributed by atoms with Crippen LogP contribution in [0.25, 0.3) is 0 Å². The molecule has 0 saturated heterocycles. The van der Waals surface area contributed by atoms with E-state index in [0.29, 0.717) is 12.6 Å². The molecule has 1 atom stereocenters. The zero-order chi connectivity index (χ0) is 12.8. The van der Waals surface area contributed by atoms with Crippen molar-refractivity contribution in [3.05, 3.63) is 24.3 Å². The molecule has 1 saturated carbocycles. The second-order valence-electron chi connectivity index (χ2n) is 4.55. The van der Waals surface area contributed by atoms with Crippen molar-refractivity contribution in [2.45, 2.75) is 29.9 Å². The van der Waals surface area contributed by atoms with E-state index >= 15 is 0 Å². The summed E-state index contributed by atoms with van der Waals surface area (Å²) in [4.78, 5) is 1.25. The minimum absolute atomic E-state index is 0.0794. The zero-order valence-electron chi connectivity index (χ0n) is 11.0. The van der Waals surface area contributed by atoms with Crippen LogP contribution in [0.4, 0.5) is 0 Å². The molecule has 0 bridgehead atoms. The lowest BCUT2D eigenvalue weighted by atomic mass is 10.3. The van der Waals surface area contributed by atoms with Crippen molar-refractivity contribution >= 4 is 11.8 Å². The zero-order valence-corrected chi connectivity index (χ0v) is 11.8. The van der Waals surface area contributed by atoms with Crippen molar-refractivity contribution in [3.63, 3.8) is 0 Å². The fraction of sp³-hybridized carbons (Fsp3) is 0.571. The highest BCUT2D eigenvalue weighted by Gasteiger charge is 2.22. The molecule has 0 amide bonds. The van der Waals surface area contributed by atoms with Crippen LogP contribution in [0.1, 0.15) is 12.8 Å². The summed E-state index contributed by atoms with van der Waals surface area (Å²) in [5.41, 5.74) is 0. The summed E-state index contributed by atoms with van der Waals surface area (Å²) in [5, 5.41) is 3.48. The van der Waals surface area contributed by atoms with Gasteiger partial charge in [-0.2, -0.15) is 0 Å². The maximum absolute atomic E-state index is 5.94. The highest BCUT2D eigenvalue weighted by Crippen LogP contribution is 2.21. The van der Waals surface area contributed by atoms with E-state index in [0.717, 1.165) is 12.3 Å². The molecular weight excluding hydrogens is 246 g/mol. The van der Waals surface area contributed by atoms with Crippen molar-refractivity contribution in [1.29, 1.82) is 0 Å². The molecule has 1 aliphatic rings. The first-order valence-electron chi connectivity index (χ1n) is 6.35. The second kappa shape index (κ2) is 7.02. The van der Waals surface area contributed by atoms with Crippen LogP contribution in [0.5, 0.6) is 5.75 Å².